The minimum Gasteiger partial charge on any atom is -0.462 e. The molecule has 0 aromatic carbocycles. The van der Waals surface area contributed by atoms with Gasteiger partial charge in [0.05, 0.1) is 13.2 Å². The van der Waals surface area contributed by atoms with E-state index in [9.17, 15) is 38.2 Å². The number of hydrogen-bond acceptors (Lipinski definition) is 56. The van der Waals surface area contributed by atoms with Crippen LogP contribution in [0.25, 0.3) is 0 Å². The summed E-state index contributed by atoms with van der Waals surface area (Å²) in [5.74, 6) is -2.74. The Morgan fingerprint density at radius 2 is 0.693 bits per heavy atom. The Bertz CT molecular complexity index is 2300. The number of amides is 4. The number of hydrogen-bond donors (Lipinski definition) is 3. The molecule has 0 saturated heterocycles. The minimum absolute atomic E-state index is 0.105. The molecule has 0 fully saturated rings. The molecule has 61 heteroatoms. The standard InChI is InChI=1S/C53H94N3O57P/c1-3-5-7-9-11-13-15-17-19-21-23-25-27-29-31-33-51(60)66-45-47(71-52(61)34-32-30-28-26-24-22-20-18-16-14-12-10-8-6-4-2)46-70-114(63,64)69-42-39-55-53(62)65-43-44-68-73-75-77-79-81-83-85-87-89-91-93-95-97-99-101-103-105-107-109-111-113-112-110-108-106-104-102-100-98-96-94-92-90-88-86-84-82-80-78-76-74-72-67-41-38-54-48(57)37-40-56-49(58)35-36-50(56)59/h35-36,38,41,47H,3-34,37,39-40,42-46H2,1-2H3,(H,54,57)(H,55,62)(H,63,64)/t47-/m1/s1. The van der Waals surface area contributed by atoms with Crippen LogP contribution in [0.1, 0.15) is 226 Å². The van der Waals surface area contributed by atoms with Gasteiger partial charge in [-0.15, -0.1) is 0 Å². The van der Waals surface area contributed by atoms with Gasteiger partial charge < -0.3 is 34.6 Å². The molecule has 1 heterocycles. The van der Waals surface area contributed by atoms with Crippen LogP contribution in [0.15, 0.2) is 24.6 Å². The van der Waals surface area contributed by atoms with Crippen molar-refractivity contribution >= 4 is 43.6 Å². The number of rotatable bonds is 93. The van der Waals surface area contributed by atoms with Crippen LogP contribution in [0.5, 0.6) is 0 Å². The molecule has 1 aliphatic heterocycles. The minimum atomic E-state index is -4.77. The van der Waals surface area contributed by atoms with Crippen molar-refractivity contribution in [3.63, 3.8) is 0 Å². The Labute approximate surface area is 643 Å². The van der Waals surface area contributed by atoms with Gasteiger partial charge in [-0.3, -0.25) is 37.9 Å². The average Bonchev–Trinajstić information content (AvgIpc) is 1.73. The molecule has 0 aromatic rings. The van der Waals surface area contributed by atoms with Crippen LogP contribution in [0.2, 0.25) is 0 Å². The highest BCUT2D eigenvalue weighted by atomic mass is 31.2. The molecular formula is C53H94N3O57P. The molecule has 2 atom stereocenters. The van der Waals surface area contributed by atoms with Crippen molar-refractivity contribution in [2.45, 2.75) is 232 Å². The van der Waals surface area contributed by atoms with Crippen LogP contribution in [0.3, 0.4) is 0 Å². The summed E-state index contributed by atoms with van der Waals surface area (Å²) in [7, 11) is -4.77. The van der Waals surface area contributed by atoms with Gasteiger partial charge >= 0.3 is 25.9 Å². The van der Waals surface area contributed by atoms with Crippen LogP contribution in [-0.4, -0.2) is 97.8 Å². The number of nitrogens with one attached hydrogen (secondary N) is 2. The SMILES string of the molecule is CCCCCCCCCCCCCCCCCC(=O)OC[C@H](COP(=O)(O)OCCNC(=O)OCCOOOOOOOOOOOOOOOOOOOOOOOOOOOOOOOOOOOOOOOOOOOOC=CNC(=O)CCN1C(=O)C=CC1=O)OC(=O)CCCCCCCCCCCCCCCCC. The molecule has 60 nitrogen and oxygen atoms in total. The van der Waals surface area contributed by atoms with Gasteiger partial charge in [0.15, 0.2) is 6.10 Å². The Balaban J connectivity index is 1.93. The summed E-state index contributed by atoms with van der Waals surface area (Å²) in [6.45, 7) is 1.53. The molecule has 0 spiro atoms. The molecule has 1 unspecified atom stereocenters. The zero-order valence-electron chi connectivity index (χ0n) is 61.4. The highest BCUT2D eigenvalue weighted by Gasteiger charge is 2.27. The first kappa shape index (κ1) is 106. The molecule has 0 aliphatic carbocycles. The second-order valence-corrected chi connectivity index (χ2v) is 22.9. The van der Waals surface area contributed by atoms with E-state index in [1.807, 2.05) is 0 Å². The highest BCUT2D eigenvalue weighted by Crippen LogP contribution is 2.43. The number of ether oxygens (including phenoxy) is 3. The molecule has 1 aliphatic rings. The van der Waals surface area contributed by atoms with Crippen LogP contribution >= 0.6 is 7.82 Å². The molecule has 0 radical (unpaired) electrons. The summed E-state index contributed by atoms with van der Waals surface area (Å²) >= 11 is 0. The molecule has 0 bridgehead atoms. The lowest BCUT2D eigenvalue weighted by molar-refractivity contribution is -0.909. The molecule has 4 amide bonds. The first-order valence-corrected chi connectivity index (χ1v) is 36.1. The van der Waals surface area contributed by atoms with E-state index in [4.69, 9.17) is 23.3 Å². The third kappa shape index (κ3) is 79.0. The largest absolute Gasteiger partial charge is 0.472 e. The van der Waals surface area contributed by atoms with E-state index >= 15 is 0 Å². The molecular weight excluding hydrogens is 1620 g/mol. The number of carbonyl (C=O) groups excluding carboxylic acids is 6. The first-order valence-electron chi connectivity index (χ1n) is 34.6. The van der Waals surface area contributed by atoms with Crippen molar-refractivity contribution in [1.82, 2.24) is 15.5 Å². The summed E-state index contributed by atoms with van der Waals surface area (Å²) in [5.41, 5.74) is 0. The van der Waals surface area contributed by atoms with Crippen molar-refractivity contribution in [3.8, 4) is 0 Å². The highest BCUT2D eigenvalue weighted by molar-refractivity contribution is 7.47. The maximum absolute atomic E-state index is 12.9. The lowest BCUT2D eigenvalue weighted by Gasteiger charge is -2.20. The quantitative estimate of drug-likeness (QED) is 0.00748. The Hall–Kier alpha value is -5.51. The van der Waals surface area contributed by atoms with Gasteiger partial charge in [-0.2, -0.15) is 0 Å². The molecule has 114 heavy (non-hydrogen) atoms. The van der Waals surface area contributed by atoms with Gasteiger partial charge in [-0.05, 0) is 53.1 Å². The second kappa shape index (κ2) is 85.4. The fourth-order valence-corrected chi connectivity index (χ4v) is 9.04. The van der Waals surface area contributed by atoms with E-state index in [2.05, 4.69) is 246 Å². The lowest BCUT2D eigenvalue weighted by Crippen LogP contribution is -2.33. The van der Waals surface area contributed by atoms with Crippen molar-refractivity contribution in [1.29, 1.82) is 0 Å². The Morgan fingerprint density at radius 1 is 0.377 bits per heavy atom. The maximum Gasteiger partial charge on any atom is 0.472 e. The van der Waals surface area contributed by atoms with Gasteiger partial charge in [0.2, 0.25) is 5.91 Å². The molecule has 3 N–H and O–H groups in total. The average molecular weight is 1720 g/mol. The van der Waals surface area contributed by atoms with Gasteiger partial charge in [0, 0.05) is 222 Å². The van der Waals surface area contributed by atoms with Crippen LogP contribution < -0.4 is 10.6 Å². The number of esters is 2. The summed E-state index contributed by atoms with van der Waals surface area (Å²) in [6, 6.07) is 0. The van der Waals surface area contributed by atoms with Crippen LogP contribution in [0.4, 0.5) is 4.79 Å². The van der Waals surface area contributed by atoms with Gasteiger partial charge in [-0.25, -0.2) is 14.2 Å². The second-order valence-electron chi connectivity index (χ2n) is 21.4. The van der Waals surface area contributed by atoms with E-state index in [1.165, 1.54) is 128 Å². The maximum atomic E-state index is 12.9. The fourth-order valence-electron chi connectivity index (χ4n) is 8.29. The number of imide groups is 1. The number of carbonyl (C=O) groups is 6. The Kier molecular flexibility index (Phi) is 79.8. The topological polar surface area (TPSA) is 619 Å². The third-order valence-electron chi connectivity index (χ3n) is 13.2. The first-order chi connectivity index (χ1) is 56.0. The predicted molar refractivity (Wildman–Crippen MR) is 321 cm³/mol. The monoisotopic (exact) mass is 1720 g/mol. The van der Waals surface area contributed by atoms with Crippen LogP contribution in [0, 0.1) is 0 Å². The van der Waals surface area contributed by atoms with Crippen molar-refractivity contribution < 1.29 is 283 Å². The van der Waals surface area contributed by atoms with Crippen LogP contribution in [-0.2, 0) is 273 Å². The van der Waals surface area contributed by atoms with Crippen molar-refractivity contribution in [3.05, 3.63) is 24.6 Å². The summed E-state index contributed by atoms with van der Waals surface area (Å²) < 4.78 is 38.4. The smallest absolute Gasteiger partial charge is 0.462 e. The number of nitrogens with zero attached hydrogens (tertiary/aromatic N) is 1. The van der Waals surface area contributed by atoms with Crippen molar-refractivity contribution in [2.24, 2.45) is 0 Å². The van der Waals surface area contributed by atoms with Gasteiger partial charge in [0.25, 0.3) is 11.8 Å². The summed E-state index contributed by atoms with van der Waals surface area (Å²) in [5, 5.41) is 157. The summed E-state index contributed by atoms with van der Waals surface area (Å²) in [6.07, 6.45) is 36.9. The lowest BCUT2D eigenvalue weighted by atomic mass is 10.0. The number of alkyl carbamates (subject to hydrolysis) is 1. The normalized spacial score (nSPS) is 13.0. The van der Waals surface area contributed by atoms with Crippen molar-refractivity contribution in [2.75, 3.05) is 46.1 Å². The molecule has 1 rings (SSSR count). The third-order valence-corrected chi connectivity index (χ3v) is 14.2. The predicted octanol–water partition coefficient (Wildman–Crippen LogP) is 8.80. The fraction of sp³-hybridized carbons (Fsp3) is 0.811. The zero-order chi connectivity index (χ0) is 82.3. The zero-order valence-corrected chi connectivity index (χ0v) is 62.3. The van der Waals surface area contributed by atoms with E-state index in [0.29, 0.717) is 12.8 Å². The molecule has 0 saturated carbocycles. The molecule has 668 valence electrons. The van der Waals surface area contributed by atoms with Gasteiger partial charge in [0.1, 0.15) is 26.1 Å². The number of phosphoric acid groups is 1. The van der Waals surface area contributed by atoms with E-state index in [-0.39, 0.29) is 32.4 Å². The number of phosphoric ester groups is 1. The van der Waals surface area contributed by atoms with E-state index in [1.54, 1.807) is 0 Å². The molecule has 0 aromatic heterocycles. The van der Waals surface area contributed by atoms with Gasteiger partial charge in [-0.1, -0.05) is 194 Å². The van der Waals surface area contributed by atoms with E-state index in [0.717, 1.165) is 80.9 Å². The number of unbranched alkanes of at least 4 members (excludes halogenated alkanes) is 28. The summed E-state index contributed by atoms with van der Waals surface area (Å²) in [4.78, 5) is 91.8. The Morgan fingerprint density at radius 3 is 1.04 bits per heavy atom. The van der Waals surface area contributed by atoms with E-state index < -0.39 is 82.7 Å².